The van der Waals surface area contributed by atoms with Crippen LogP contribution < -0.4 is 5.32 Å². The van der Waals surface area contributed by atoms with Crippen LogP contribution >= 0.6 is 0 Å². The molecule has 7 nitrogen and oxygen atoms in total. The second kappa shape index (κ2) is 9.38. The minimum absolute atomic E-state index is 0.0533. The van der Waals surface area contributed by atoms with Gasteiger partial charge in [0.1, 0.15) is 0 Å². The maximum absolute atomic E-state index is 12.3. The molecule has 0 aromatic heterocycles. The summed E-state index contributed by atoms with van der Waals surface area (Å²) in [5, 5.41) is 3.01. The van der Waals surface area contributed by atoms with E-state index in [1.807, 2.05) is 9.80 Å². The molecule has 3 amide bonds. The first-order valence-electron chi connectivity index (χ1n) is 9.83. The Hall–Kier alpha value is -1.34. The smallest absolute Gasteiger partial charge is 0.317 e. The number of ether oxygens (including phenoxy) is 1. The van der Waals surface area contributed by atoms with Crippen LogP contribution in [0.1, 0.15) is 32.1 Å². The van der Waals surface area contributed by atoms with Gasteiger partial charge in [0.15, 0.2) is 0 Å². The average molecular weight is 352 g/mol. The van der Waals surface area contributed by atoms with Gasteiger partial charge in [-0.1, -0.05) is 0 Å². The summed E-state index contributed by atoms with van der Waals surface area (Å²) in [6.07, 6.45) is 4.68. The van der Waals surface area contributed by atoms with Crippen molar-refractivity contribution < 1.29 is 14.3 Å². The van der Waals surface area contributed by atoms with Crippen LogP contribution in [-0.4, -0.2) is 92.2 Å². The Morgan fingerprint density at radius 1 is 1.12 bits per heavy atom. The zero-order chi connectivity index (χ0) is 17.5. The van der Waals surface area contributed by atoms with Gasteiger partial charge in [-0.05, 0) is 31.6 Å². The summed E-state index contributed by atoms with van der Waals surface area (Å²) in [5.74, 6) is 0.956. The van der Waals surface area contributed by atoms with E-state index in [9.17, 15) is 9.59 Å². The Balaban J connectivity index is 1.27. The molecule has 0 bridgehead atoms. The quantitative estimate of drug-likeness (QED) is 0.717. The molecule has 0 aliphatic carbocycles. The molecule has 1 N–H and O–H groups in total. The first-order valence-corrected chi connectivity index (χ1v) is 9.83. The van der Waals surface area contributed by atoms with Gasteiger partial charge in [-0.25, -0.2) is 4.79 Å². The van der Waals surface area contributed by atoms with E-state index in [-0.39, 0.29) is 11.9 Å². The van der Waals surface area contributed by atoms with Crippen molar-refractivity contribution in [2.75, 3.05) is 65.6 Å². The number of amides is 3. The summed E-state index contributed by atoms with van der Waals surface area (Å²) in [6, 6.07) is 0.0533. The third-order valence-corrected chi connectivity index (χ3v) is 5.57. The van der Waals surface area contributed by atoms with Gasteiger partial charge in [0, 0.05) is 58.8 Å². The molecule has 3 fully saturated rings. The predicted octanol–water partition coefficient (Wildman–Crippen LogP) is 0.753. The Morgan fingerprint density at radius 2 is 1.88 bits per heavy atom. The Labute approximate surface area is 150 Å². The summed E-state index contributed by atoms with van der Waals surface area (Å²) >= 11 is 0. The van der Waals surface area contributed by atoms with Crippen LogP contribution in [0.2, 0.25) is 0 Å². The lowest BCUT2D eigenvalue weighted by atomic mass is 9.96. The highest BCUT2D eigenvalue weighted by atomic mass is 16.5. The molecule has 0 aromatic rings. The standard InChI is InChI=1S/C18H32N4O3/c23-17-3-1-7-21(17)8-2-6-19-18(24)22-9-4-16(5-10-22)15-20-11-13-25-14-12-20/h16H,1-15H2,(H,19,24). The molecule has 3 aliphatic heterocycles. The van der Waals surface area contributed by atoms with Crippen molar-refractivity contribution in [1.29, 1.82) is 0 Å². The lowest BCUT2D eigenvalue weighted by molar-refractivity contribution is -0.127. The molecule has 3 saturated heterocycles. The first kappa shape index (κ1) is 18.5. The van der Waals surface area contributed by atoms with Gasteiger partial charge in [0.25, 0.3) is 0 Å². The highest BCUT2D eigenvalue weighted by Gasteiger charge is 2.25. The molecule has 0 radical (unpaired) electrons. The van der Waals surface area contributed by atoms with Gasteiger partial charge in [0.05, 0.1) is 13.2 Å². The van der Waals surface area contributed by atoms with E-state index >= 15 is 0 Å². The number of hydrogen-bond acceptors (Lipinski definition) is 4. The van der Waals surface area contributed by atoms with Crippen molar-refractivity contribution in [3.8, 4) is 0 Å². The molecule has 0 saturated carbocycles. The summed E-state index contributed by atoms with van der Waals surface area (Å²) in [5.41, 5.74) is 0. The molecular formula is C18H32N4O3. The SMILES string of the molecule is O=C1CCCN1CCCNC(=O)N1CCC(CN2CCOCC2)CC1. The largest absolute Gasteiger partial charge is 0.379 e. The molecule has 142 valence electrons. The molecule has 3 heterocycles. The molecule has 25 heavy (non-hydrogen) atoms. The summed E-state index contributed by atoms with van der Waals surface area (Å²) < 4.78 is 5.40. The molecule has 0 aromatic carbocycles. The van der Waals surface area contributed by atoms with Crippen LogP contribution in [0.3, 0.4) is 0 Å². The molecule has 0 unspecified atom stereocenters. The van der Waals surface area contributed by atoms with Gasteiger partial charge in [0.2, 0.25) is 5.91 Å². The minimum atomic E-state index is 0.0533. The van der Waals surface area contributed by atoms with Crippen LogP contribution in [0.4, 0.5) is 4.79 Å². The van der Waals surface area contributed by atoms with Crippen molar-refractivity contribution >= 4 is 11.9 Å². The Morgan fingerprint density at radius 3 is 2.56 bits per heavy atom. The van der Waals surface area contributed by atoms with E-state index in [1.165, 1.54) is 0 Å². The highest BCUT2D eigenvalue weighted by molar-refractivity contribution is 5.78. The minimum Gasteiger partial charge on any atom is -0.379 e. The Bertz CT molecular complexity index is 446. The van der Waals surface area contributed by atoms with Gasteiger partial charge >= 0.3 is 6.03 Å². The predicted molar refractivity (Wildman–Crippen MR) is 95.4 cm³/mol. The number of morpholine rings is 1. The number of rotatable bonds is 6. The number of carbonyl (C=O) groups excluding carboxylic acids is 2. The van der Waals surface area contributed by atoms with E-state index < -0.39 is 0 Å². The maximum atomic E-state index is 12.3. The van der Waals surface area contributed by atoms with Gasteiger partial charge in [-0.3, -0.25) is 9.69 Å². The van der Waals surface area contributed by atoms with E-state index in [2.05, 4.69) is 10.2 Å². The fourth-order valence-corrected chi connectivity index (χ4v) is 3.99. The second-order valence-electron chi connectivity index (χ2n) is 7.41. The number of hydrogen-bond donors (Lipinski definition) is 1. The van der Waals surface area contributed by atoms with Crippen molar-refractivity contribution in [1.82, 2.24) is 20.0 Å². The van der Waals surface area contributed by atoms with Crippen LogP contribution in [-0.2, 0) is 9.53 Å². The van der Waals surface area contributed by atoms with Crippen LogP contribution in [0, 0.1) is 5.92 Å². The topological polar surface area (TPSA) is 65.1 Å². The van der Waals surface area contributed by atoms with Crippen LogP contribution in [0.15, 0.2) is 0 Å². The second-order valence-corrected chi connectivity index (χ2v) is 7.41. The molecule has 0 atom stereocenters. The zero-order valence-electron chi connectivity index (χ0n) is 15.3. The fourth-order valence-electron chi connectivity index (χ4n) is 3.99. The molecule has 3 aliphatic rings. The van der Waals surface area contributed by atoms with Gasteiger partial charge in [-0.15, -0.1) is 0 Å². The molecular weight excluding hydrogens is 320 g/mol. The fraction of sp³-hybridized carbons (Fsp3) is 0.889. The Kier molecular flexibility index (Phi) is 6.93. The normalized spacial score (nSPS) is 23.3. The maximum Gasteiger partial charge on any atom is 0.317 e. The number of urea groups is 1. The summed E-state index contributed by atoms with van der Waals surface area (Å²) in [4.78, 5) is 30.1. The van der Waals surface area contributed by atoms with E-state index in [4.69, 9.17) is 4.74 Å². The van der Waals surface area contributed by atoms with Crippen molar-refractivity contribution in [2.45, 2.75) is 32.1 Å². The number of piperidine rings is 1. The monoisotopic (exact) mass is 352 g/mol. The third-order valence-electron chi connectivity index (χ3n) is 5.57. The highest BCUT2D eigenvalue weighted by Crippen LogP contribution is 2.19. The molecule has 3 rings (SSSR count). The summed E-state index contributed by atoms with van der Waals surface area (Å²) in [6.45, 7) is 8.93. The van der Waals surface area contributed by atoms with E-state index in [0.29, 0.717) is 18.9 Å². The van der Waals surface area contributed by atoms with E-state index in [1.54, 1.807) is 0 Å². The van der Waals surface area contributed by atoms with Crippen LogP contribution in [0.5, 0.6) is 0 Å². The van der Waals surface area contributed by atoms with E-state index in [0.717, 1.165) is 84.7 Å². The molecule has 0 spiro atoms. The zero-order valence-corrected chi connectivity index (χ0v) is 15.3. The number of nitrogens with zero attached hydrogens (tertiary/aromatic N) is 3. The van der Waals surface area contributed by atoms with Gasteiger partial charge in [-0.2, -0.15) is 0 Å². The average Bonchev–Trinajstić information content (AvgIpc) is 3.05. The number of carbonyl (C=O) groups is 2. The van der Waals surface area contributed by atoms with Gasteiger partial charge < -0.3 is 19.9 Å². The lowest BCUT2D eigenvalue weighted by Crippen LogP contribution is -2.47. The summed E-state index contributed by atoms with van der Waals surface area (Å²) in [7, 11) is 0. The lowest BCUT2D eigenvalue weighted by Gasteiger charge is -2.36. The van der Waals surface area contributed by atoms with Crippen LogP contribution in [0.25, 0.3) is 0 Å². The number of likely N-dealkylation sites (tertiary alicyclic amines) is 2. The van der Waals surface area contributed by atoms with Crippen molar-refractivity contribution in [3.05, 3.63) is 0 Å². The number of nitrogens with one attached hydrogen (secondary N) is 1. The third kappa shape index (κ3) is 5.57. The van der Waals surface area contributed by atoms with Crippen molar-refractivity contribution in [3.63, 3.8) is 0 Å². The van der Waals surface area contributed by atoms with Crippen molar-refractivity contribution in [2.24, 2.45) is 5.92 Å². The first-order chi connectivity index (χ1) is 12.2. The molecule has 7 heteroatoms.